The summed E-state index contributed by atoms with van der Waals surface area (Å²) in [5.41, 5.74) is 1.55. The SMILES string of the molecule is CCc1ccc(C2CNCCN2C(=O)CCCN2C(=O)NC(C)(C)C2=O)cc1.Cl. The maximum atomic E-state index is 12.9. The van der Waals surface area contributed by atoms with E-state index in [-0.39, 0.29) is 42.8 Å². The summed E-state index contributed by atoms with van der Waals surface area (Å²) in [5, 5.41) is 6.03. The van der Waals surface area contributed by atoms with Gasteiger partial charge in [0.15, 0.2) is 0 Å². The Morgan fingerprint density at radius 3 is 2.48 bits per heavy atom. The van der Waals surface area contributed by atoms with Gasteiger partial charge in [0, 0.05) is 32.6 Å². The largest absolute Gasteiger partial charge is 0.333 e. The van der Waals surface area contributed by atoms with Crippen molar-refractivity contribution in [2.75, 3.05) is 26.2 Å². The van der Waals surface area contributed by atoms with E-state index in [2.05, 4.69) is 41.8 Å². The number of halogens is 1. The average Bonchev–Trinajstić information content (AvgIpc) is 2.89. The van der Waals surface area contributed by atoms with Gasteiger partial charge < -0.3 is 15.5 Å². The zero-order valence-corrected chi connectivity index (χ0v) is 18.2. The number of imide groups is 1. The second-order valence-corrected chi connectivity index (χ2v) is 8.02. The normalized spacial score (nSPS) is 21.0. The summed E-state index contributed by atoms with van der Waals surface area (Å²) in [7, 11) is 0. The lowest BCUT2D eigenvalue weighted by Crippen LogP contribution is -2.48. The van der Waals surface area contributed by atoms with Gasteiger partial charge in [0.05, 0.1) is 6.04 Å². The van der Waals surface area contributed by atoms with Gasteiger partial charge in [-0.25, -0.2) is 4.79 Å². The Morgan fingerprint density at radius 1 is 1.21 bits per heavy atom. The number of nitrogens with zero attached hydrogens (tertiary/aromatic N) is 2. The molecule has 0 aromatic heterocycles. The first kappa shape index (κ1) is 23.2. The predicted octanol–water partition coefficient (Wildman–Crippen LogP) is 2.25. The highest BCUT2D eigenvalue weighted by molar-refractivity contribution is 6.06. The van der Waals surface area contributed by atoms with E-state index in [1.54, 1.807) is 13.8 Å². The van der Waals surface area contributed by atoms with Crippen LogP contribution in [0, 0.1) is 0 Å². The lowest BCUT2D eigenvalue weighted by atomic mass is 10.0. The zero-order chi connectivity index (χ0) is 20.3. The molecular formula is C21H31ClN4O3. The fourth-order valence-electron chi connectivity index (χ4n) is 3.83. The van der Waals surface area contributed by atoms with Crippen LogP contribution in [-0.4, -0.2) is 59.4 Å². The zero-order valence-electron chi connectivity index (χ0n) is 17.4. The van der Waals surface area contributed by atoms with Crippen LogP contribution in [-0.2, 0) is 16.0 Å². The van der Waals surface area contributed by atoms with Crippen LogP contribution in [0.25, 0.3) is 0 Å². The Bertz CT molecular complexity index is 751. The van der Waals surface area contributed by atoms with Crippen molar-refractivity contribution in [2.45, 2.75) is 51.6 Å². The molecule has 2 aliphatic heterocycles. The third-order valence-corrected chi connectivity index (χ3v) is 5.55. The fraction of sp³-hybridized carbons (Fsp3) is 0.571. The topological polar surface area (TPSA) is 81.8 Å². The number of urea groups is 1. The van der Waals surface area contributed by atoms with Crippen LogP contribution in [0.1, 0.15) is 50.8 Å². The summed E-state index contributed by atoms with van der Waals surface area (Å²) in [6.07, 6.45) is 1.78. The summed E-state index contributed by atoms with van der Waals surface area (Å²) < 4.78 is 0. The molecule has 2 aliphatic rings. The van der Waals surface area contributed by atoms with E-state index < -0.39 is 5.54 Å². The first-order valence-corrected chi connectivity index (χ1v) is 10.1. The number of aryl methyl sites for hydroxylation is 1. The van der Waals surface area contributed by atoms with Crippen molar-refractivity contribution < 1.29 is 14.4 Å². The van der Waals surface area contributed by atoms with Crippen molar-refractivity contribution in [3.63, 3.8) is 0 Å². The summed E-state index contributed by atoms with van der Waals surface area (Å²) in [4.78, 5) is 40.2. The molecular weight excluding hydrogens is 392 g/mol. The van der Waals surface area contributed by atoms with Crippen molar-refractivity contribution in [1.29, 1.82) is 0 Å². The molecule has 3 rings (SSSR count). The number of rotatable bonds is 6. The molecule has 0 radical (unpaired) electrons. The number of hydrogen-bond acceptors (Lipinski definition) is 4. The van der Waals surface area contributed by atoms with Gasteiger partial charge in [0.1, 0.15) is 5.54 Å². The average molecular weight is 423 g/mol. The molecule has 7 nitrogen and oxygen atoms in total. The number of carbonyl (C=O) groups is 3. The van der Waals surface area contributed by atoms with Crippen LogP contribution in [0.5, 0.6) is 0 Å². The molecule has 0 bridgehead atoms. The van der Waals surface area contributed by atoms with Gasteiger partial charge in [0.2, 0.25) is 5.91 Å². The Labute approximate surface area is 178 Å². The minimum Gasteiger partial charge on any atom is -0.333 e. The standard InChI is InChI=1S/C21H30N4O3.ClH/c1-4-15-7-9-16(10-8-15)17-14-22-11-13-24(17)18(26)6-5-12-25-19(27)21(2,3)23-20(25)28;/h7-10,17,22H,4-6,11-14H2,1-3H3,(H,23,28);1H. The first-order valence-electron chi connectivity index (χ1n) is 10.1. The van der Waals surface area contributed by atoms with Crippen LogP contribution in [0.2, 0.25) is 0 Å². The molecule has 0 spiro atoms. The molecule has 4 amide bonds. The van der Waals surface area contributed by atoms with E-state index in [0.717, 1.165) is 25.1 Å². The Kier molecular flexibility index (Phi) is 7.66. The fourth-order valence-corrected chi connectivity index (χ4v) is 3.83. The van der Waals surface area contributed by atoms with Gasteiger partial charge in [-0.3, -0.25) is 14.5 Å². The van der Waals surface area contributed by atoms with Gasteiger partial charge in [-0.15, -0.1) is 12.4 Å². The number of benzene rings is 1. The molecule has 29 heavy (non-hydrogen) atoms. The summed E-state index contributed by atoms with van der Waals surface area (Å²) in [6, 6.07) is 8.08. The van der Waals surface area contributed by atoms with E-state index >= 15 is 0 Å². The molecule has 2 fully saturated rings. The number of nitrogens with one attached hydrogen (secondary N) is 2. The second kappa shape index (κ2) is 9.59. The summed E-state index contributed by atoms with van der Waals surface area (Å²) in [5.74, 6) is -0.168. The minimum atomic E-state index is -0.866. The lowest BCUT2D eigenvalue weighted by molar-refractivity contribution is -0.135. The monoisotopic (exact) mass is 422 g/mol. The molecule has 2 heterocycles. The Balaban J connectivity index is 0.00000300. The molecule has 0 aliphatic carbocycles. The Morgan fingerprint density at radius 2 is 1.90 bits per heavy atom. The molecule has 8 heteroatoms. The molecule has 2 N–H and O–H groups in total. The molecule has 1 aromatic rings. The van der Waals surface area contributed by atoms with E-state index in [4.69, 9.17) is 0 Å². The highest BCUT2D eigenvalue weighted by Gasteiger charge is 2.43. The number of piperazine rings is 1. The maximum absolute atomic E-state index is 12.9. The predicted molar refractivity (Wildman–Crippen MR) is 114 cm³/mol. The van der Waals surface area contributed by atoms with Crippen LogP contribution in [0.15, 0.2) is 24.3 Å². The van der Waals surface area contributed by atoms with Gasteiger partial charge in [-0.1, -0.05) is 31.2 Å². The van der Waals surface area contributed by atoms with Crippen molar-refractivity contribution in [3.8, 4) is 0 Å². The molecule has 2 saturated heterocycles. The molecule has 0 saturated carbocycles. The number of carbonyl (C=O) groups excluding carboxylic acids is 3. The maximum Gasteiger partial charge on any atom is 0.325 e. The van der Waals surface area contributed by atoms with Crippen LogP contribution in [0.3, 0.4) is 0 Å². The lowest BCUT2D eigenvalue weighted by Gasteiger charge is -2.37. The molecule has 160 valence electrons. The van der Waals surface area contributed by atoms with Crippen molar-refractivity contribution in [1.82, 2.24) is 20.4 Å². The minimum absolute atomic E-state index is 0. The van der Waals surface area contributed by atoms with E-state index in [1.807, 2.05) is 4.90 Å². The second-order valence-electron chi connectivity index (χ2n) is 8.02. The highest BCUT2D eigenvalue weighted by Crippen LogP contribution is 2.24. The highest BCUT2D eigenvalue weighted by atomic mass is 35.5. The first-order chi connectivity index (χ1) is 13.3. The summed E-state index contributed by atoms with van der Waals surface area (Å²) in [6.45, 7) is 7.94. The van der Waals surface area contributed by atoms with Gasteiger partial charge in [0.25, 0.3) is 5.91 Å². The van der Waals surface area contributed by atoms with Crippen LogP contribution in [0.4, 0.5) is 4.79 Å². The van der Waals surface area contributed by atoms with Crippen molar-refractivity contribution in [3.05, 3.63) is 35.4 Å². The van der Waals surface area contributed by atoms with E-state index in [0.29, 0.717) is 19.4 Å². The third kappa shape index (κ3) is 5.08. The van der Waals surface area contributed by atoms with Gasteiger partial charge in [-0.2, -0.15) is 0 Å². The van der Waals surface area contributed by atoms with Crippen molar-refractivity contribution >= 4 is 30.3 Å². The third-order valence-electron chi connectivity index (χ3n) is 5.55. The quantitative estimate of drug-likeness (QED) is 0.689. The molecule has 1 unspecified atom stereocenters. The Hall–Kier alpha value is -2.12. The van der Waals surface area contributed by atoms with Crippen LogP contribution >= 0.6 is 12.4 Å². The van der Waals surface area contributed by atoms with Crippen molar-refractivity contribution in [2.24, 2.45) is 0 Å². The van der Waals surface area contributed by atoms with Crippen LogP contribution < -0.4 is 10.6 Å². The van der Waals surface area contributed by atoms with E-state index in [1.165, 1.54) is 10.5 Å². The number of hydrogen-bond donors (Lipinski definition) is 2. The van der Waals surface area contributed by atoms with Gasteiger partial charge >= 0.3 is 6.03 Å². The summed E-state index contributed by atoms with van der Waals surface area (Å²) >= 11 is 0. The van der Waals surface area contributed by atoms with E-state index in [9.17, 15) is 14.4 Å². The molecule has 1 aromatic carbocycles. The molecule has 1 atom stereocenters. The van der Waals surface area contributed by atoms with Gasteiger partial charge in [-0.05, 0) is 37.8 Å². The number of amides is 4. The smallest absolute Gasteiger partial charge is 0.325 e.